The summed E-state index contributed by atoms with van der Waals surface area (Å²) in [7, 11) is 0. The Morgan fingerprint density at radius 2 is 2.07 bits per heavy atom. The number of aliphatic hydroxyl groups is 1. The van der Waals surface area contributed by atoms with Gasteiger partial charge in [-0.2, -0.15) is 11.8 Å². The van der Waals surface area contributed by atoms with Crippen LogP contribution in [0.3, 0.4) is 0 Å². The Balaban J connectivity index is 2.48. The van der Waals surface area contributed by atoms with Crippen LogP contribution in [0.5, 0.6) is 0 Å². The Bertz CT molecular complexity index is 373. The molecule has 0 amide bonds. The van der Waals surface area contributed by atoms with Gasteiger partial charge in [0.05, 0.1) is 6.10 Å². The summed E-state index contributed by atoms with van der Waals surface area (Å²) >= 11 is 1.94. The minimum Gasteiger partial charge on any atom is -0.388 e. The summed E-state index contributed by atoms with van der Waals surface area (Å²) in [6.07, 6.45) is 0.604. The van der Waals surface area contributed by atoms with E-state index in [9.17, 15) is 5.11 Å². The van der Waals surface area contributed by atoms with E-state index in [0.717, 1.165) is 12.2 Å². The largest absolute Gasteiger partial charge is 0.388 e. The molecule has 2 rings (SSSR count). The first-order valence-corrected chi connectivity index (χ1v) is 6.52. The minimum absolute atomic E-state index is 0.273. The second kappa shape index (κ2) is 4.18. The maximum absolute atomic E-state index is 10.2. The van der Waals surface area contributed by atoms with Crippen molar-refractivity contribution < 1.29 is 5.11 Å². The molecule has 15 heavy (non-hydrogen) atoms. The smallest absolute Gasteiger partial charge is 0.0806 e. The van der Waals surface area contributed by atoms with Crippen LogP contribution in [0.2, 0.25) is 0 Å². The highest BCUT2D eigenvalue weighted by Crippen LogP contribution is 2.36. The minimum atomic E-state index is -0.273. The van der Waals surface area contributed by atoms with E-state index in [0.29, 0.717) is 5.25 Å². The van der Waals surface area contributed by atoms with Gasteiger partial charge in [-0.3, -0.25) is 0 Å². The Morgan fingerprint density at radius 1 is 1.33 bits per heavy atom. The van der Waals surface area contributed by atoms with Crippen molar-refractivity contribution in [2.45, 2.75) is 44.3 Å². The van der Waals surface area contributed by atoms with Crippen LogP contribution in [0.15, 0.2) is 12.1 Å². The number of aliphatic hydroxyl groups excluding tert-OH is 1. The first-order chi connectivity index (χ1) is 7.08. The summed E-state index contributed by atoms with van der Waals surface area (Å²) in [5.74, 6) is 1.04. The fourth-order valence-electron chi connectivity index (χ4n) is 2.40. The number of fused-ring (bicyclic) bond motifs is 1. The van der Waals surface area contributed by atoms with Crippen LogP contribution >= 0.6 is 11.8 Å². The number of thioether (sulfide) groups is 1. The van der Waals surface area contributed by atoms with E-state index in [1.54, 1.807) is 0 Å². The van der Waals surface area contributed by atoms with Crippen molar-refractivity contribution in [3.63, 3.8) is 0 Å². The van der Waals surface area contributed by atoms with E-state index in [1.807, 2.05) is 11.8 Å². The van der Waals surface area contributed by atoms with Crippen molar-refractivity contribution in [3.8, 4) is 0 Å². The first kappa shape index (κ1) is 11.0. The van der Waals surface area contributed by atoms with Gasteiger partial charge in [0.1, 0.15) is 0 Å². The molecule has 0 radical (unpaired) electrons. The van der Waals surface area contributed by atoms with Gasteiger partial charge in [-0.15, -0.1) is 0 Å². The van der Waals surface area contributed by atoms with Crippen LogP contribution < -0.4 is 0 Å². The second-order valence-corrected chi connectivity index (χ2v) is 5.95. The zero-order valence-corrected chi connectivity index (χ0v) is 10.4. The molecule has 1 aliphatic heterocycles. The molecule has 1 aromatic carbocycles. The maximum atomic E-state index is 10.2. The number of benzene rings is 1. The summed E-state index contributed by atoms with van der Waals surface area (Å²) in [6, 6.07) is 4.39. The van der Waals surface area contributed by atoms with Crippen LogP contribution in [-0.2, 0) is 5.75 Å². The fraction of sp³-hybridized carbons (Fsp3) is 0.538. The van der Waals surface area contributed by atoms with Gasteiger partial charge in [0.15, 0.2) is 0 Å². The fourth-order valence-corrected chi connectivity index (χ4v) is 3.42. The molecule has 0 aliphatic carbocycles. The monoisotopic (exact) mass is 222 g/mol. The van der Waals surface area contributed by atoms with E-state index in [2.05, 4.69) is 32.9 Å². The third kappa shape index (κ3) is 2.21. The van der Waals surface area contributed by atoms with Gasteiger partial charge in [0, 0.05) is 11.0 Å². The van der Waals surface area contributed by atoms with E-state index >= 15 is 0 Å². The highest BCUT2D eigenvalue weighted by molar-refractivity contribution is 7.99. The van der Waals surface area contributed by atoms with Crippen LogP contribution in [0.4, 0.5) is 0 Å². The molecule has 0 saturated carbocycles. The number of hydrogen-bond acceptors (Lipinski definition) is 2. The molecule has 2 atom stereocenters. The predicted molar refractivity (Wildman–Crippen MR) is 66.2 cm³/mol. The van der Waals surface area contributed by atoms with Gasteiger partial charge in [0.2, 0.25) is 0 Å². The Morgan fingerprint density at radius 3 is 2.80 bits per heavy atom. The molecule has 0 bridgehead atoms. The molecule has 1 aromatic rings. The van der Waals surface area contributed by atoms with E-state index in [4.69, 9.17) is 0 Å². The van der Waals surface area contributed by atoms with Gasteiger partial charge in [-0.05, 0) is 37.0 Å². The molecular formula is C13H18OS. The van der Waals surface area contributed by atoms with Gasteiger partial charge in [0.25, 0.3) is 0 Å². The van der Waals surface area contributed by atoms with E-state index < -0.39 is 0 Å². The van der Waals surface area contributed by atoms with Crippen LogP contribution in [0, 0.1) is 13.8 Å². The summed E-state index contributed by atoms with van der Waals surface area (Å²) in [5, 5.41) is 10.7. The summed E-state index contributed by atoms with van der Waals surface area (Å²) < 4.78 is 0. The molecule has 0 saturated heterocycles. The molecule has 2 heteroatoms. The third-order valence-electron chi connectivity index (χ3n) is 3.03. The number of aryl methyl sites for hydroxylation is 2. The SMILES string of the molecule is Cc1cc(C)c2c(c1)CSC(C)CC2O. The van der Waals surface area contributed by atoms with Crippen molar-refractivity contribution >= 4 is 11.8 Å². The quantitative estimate of drug-likeness (QED) is 0.726. The lowest BCUT2D eigenvalue weighted by atomic mass is 9.94. The summed E-state index contributed by atoms with van der Waals surface area (Å²) in [5.41, 5.74) is 5.05. The average Bonchev–Trinajstić information content (AvgIpc) is 2.25. The van der Waals surface area contributed by atoms with Crippen molar-refractivity contribution in [1.82, 2.24) is 0 Å². The molecule has 1 N–H and O–H groups in total. The first-order valence-electron chi connectivity index (χ1n) is 5.47. The summed E-state index contributed by atoms with van der Waals surface area (Å²) in [4.78, 5) is 0. The van der Waals surface area contributed by atoms with E-state index in [1.165, 1.54) is 22.3 Å². The molecule has 82 valence electrons. The third-order valence-corrected chi connectivity index (χ3v) is 4.27. The second-order valence-electron chi connectivity index (χ2n) is 4.53. The van der Waals surface area contributed by atoms with Gasteiger partial charge in [-0.1, -0.05) is 24.6 Å². The van der Waals surface area contributed by atoms with Gasteiger partial charge < -0.3 is 5.11 Å². The van der Waals surface area contributed by atoms with Gasteiger partial charge >= 0.3 is 0 Å². The van der Waals surface area contributed by atoms with Gasteiger partial charge in [-0.25, -0.2) is 0 Å². The topological polar surface area (TPSA) is 20.2 Å². The zero-order chi connectivity index (χ0) is 11.0. The molecule has 1 aliphatic rings. The molecule has 0 spiro atoms. The lowest BCUT2D eigenvalue weighted by molar-refractivity contribution is 0.167. The lowest BCUT2D eigenvalue weighted by Gasteiger charge is -2.16. The predicted octanol–water partition coefficient (Wildman–Crippen LogP) is 3.36. The number of hydrogen-bond donors (Lipinski definition) is 1. The molecule has 2 unspecified atom stereocenters. The Labute approximate surface area is 95.9 Å². The molecule has 1 nitrogen and oxygen atoms in total. The standard InChI is InChI=1S/C13H18OS/c1-8-4-9(2)13-11(5-8)7-15-10(3)6-12(13)14/h4-5,10,12,14H,6-7H2,1-3H3. The van der Waals surface area contributed by atoms with Crippen molar-refractivity contribution in [2.24, 2.45) is 0 Å². The normalized spacial score (nSPS) is 25.9. The maximum Gasteiger partial charge on any atom is 0.0806 e. The van der Waals surface area contributed by atoms with Crippen LogP contribution in [0.25, 0.3) is 0 Å². The highest BCUT2D eigenvalue weighted by Gasteiger charge is 2.22. The molecular weight excluding hydrogens is 204 g/mol. The Hall–Kier alpha value is -0.470. The summed E-state index contributed by atoms with van der Waals surface area (Å²) in [6.45, 7) is 6.43. The number of rotatable bonds is 0. The Kier molecular flexibility index (Phi) is 3.08. The molecule has 1 heterocycles. The van der Waals surface area contributed by atoms with Crippen LogP contribution in [0.1, 0.15) is 41.7 Å². The van der Waals surface area contributed by atoms with Crippen LogP contribution in [-0.4, -0.2) is 10.4 Å². The zero-order valence-electron chi connectivity index (χ0n) is 9.58. The molecule has 0 fully saturated rings. The lowest BCUT2D eigenvalue weighted by Crippen LogP contribution is -2.05. The highest BCUT2D eigenvalue weighted by atomic mass is 32.2. The van der Waals surface area contributed by atoms with Crippen molar-refractivity contribution in [1.29, 1.82) is 0 Å². The molecule has 0 aromatic heterocycles. The van der Waals surface area contributed by atoms with Crippen molar-refractivity contribution in [3.05, 3.63) is 34.4 Å². The average molecular weight is 222 g/mol. The van der Waals surface area contributed by atoms with E-state index in [-0.39, 0.29) is 6.10 Å². The van der Waals surface area contributed by atoms with Crippen molar-refractivity contribution in [2.75, 3.05) is 0 Å².